The van der Waals surface area contributed by atoms with E-state index >= 15 is 0 Å². The molecule has 4 aromatic rings. The molecule has 6 rings (SSSR count). The Morgan fingerprint density at radius 3 is 2.53 bits per heavy atom. The van der Waals surface area contributed by atoms with Crippen LogP contribution in [0.4, 0.5) is 11.5 Å². The molecule has 0 atom stereocenters. The zero-order valence-corrected chi connectivity index (χ0v) is 21.6. The van der Waals surface area contributed by atoms with E-state index in [4.69, 9.17) is 10.7 Å². The molecular formula is C31H34N6O. The fraction of sp³-hybridized carbons (Fsp3) is 0.323. The van der Waals surface area contributed by atoms with E-state index in [0.29, 0.717) is 24.1 Å². The fourth-order valence-corrected chi connectivity index (χ4v) is 5.70. The predicted octanol–water partition coefficient (Wildman–Crippen LogP) is 5.19. The number of benzene rings is 2. The Balaban J connectivity index is 1.10. The zero-order chi connectivity index (χ0) is 25.9. The molecule has 38 heavy (non-hydrogen) atoms. The summed E-state index contributed by atoms with van der Waals surface area (Å²) in [5.74, 6) is 0.768. The third-order valence-corrected chi connectivity index (χ3v) is 7.89. The number of carbonyl (C=O) groups excluding carboxylic acids is 1. The Labute approximate surface area is 223 Å². The van der Waals surface area contributed by atoms with E-state index in [1.165, 1.54) is 25.9 Å². The van der Waals surface area contributed by atoms with Gasteiger partial charge in [-0.05, 0) is 86.8 Å². The summed E-state index contributed by atoms with van der Waals surface area (Å²) in [5, 5.41) is 4.48. The van der Waals surface area contributed by atoms with Crippen molar-refractivity contribution in [1.29, 1.82) is 0 Å². The molecule has 7 heteroatoms. The summed E-state index contributed by atoms with van der Waals surface area (Å²) >= 11 is 0. The smallest absolute Gasteiger partial charge is 0.253 e. The predicted molar refractivity (Wildman–Crippen MR) is 153 cm³/mol. The number of amides is 1. The SMILES string of the molecule is Nc1ccc(-c2ccc(C(=O)N3CCC(N4CCCC4)CC3)cc2)nc1NCc1ccc2ncccc2c1. The lowest BCUT2D eigenvalue weighted by molar-refractivity contribution is 0.0644. The summed E-state index contributed by atoms with van der Waals surface area (Å²) in [6, 6.07) is 22.4. The monoisotopic (exact) mass is 506 g/mol. The largest absolute Gasteiger partial charge is 0.396 e. The summed E-state index contributed by atoms with van der Waals surface area (Å²) < 4.78 is 0. The van der Waals surface area contributed by atoms with Crippen LogP contribution in [0.5, 0.6) is 0 Å². The van der Waals surface area contributed by atoms with Crippen LogP contribution in [0.2, 0.25) is 0 Å². The molecule has 2 aliphatic rings. The minimum Gasteiger partial charge on any atom is -0.396 e. The summed E-state index contributed by atoms with van der Waals surface area (Å²) in [7, 11) is 0. The number of nitrogen functional groups attached to an aromatic ring is 1. The molecule has 2 saturated heterocycles. The van der Waals surface area contributed by atoms with E-state index in [1.54, 1.807) is 6.20 Å². The molecule has 3 N–H and O–H groups in total. The van der Waals surface area contributed by atoms with Gasteiger partial charge >= 0.3 is 0 Å². The van der Waals surface area contributed by atoms with Gasteiger partial charge in [0.05, 0.1) is 16.9 Å². The van der Waals surface area contributed by atoms with Crippen molar-refractivity contribution < 1.29 is 4.79 Å². The number of anilines is 2. The number of nitrogens with one attached hydrogen (secondary N) is 1. The van der Waals surface area contributed by atoms with Gasteiger partial charge in [0.1, 0.15) is 5.82 Å². The van der Waals surface area contributed by atoms with E-state index in [0.717, 1.165) is 59.2 Å². The number of likely N-dealkylation sites (tertiary alicyclic amines) is 2. The van der Waals surface area contributed by atoms with Gasteiger partial charge in [0.25, 0.3) is 5.91 Å². The third-order valence-electron chi connectivity index (χ3n) is 7.89. The summed E-state index contributed by atoms with van der Waals surface area (Å²) in [4.78, 5) is 26.9. The minimum atomic E-state index is 0.120. The fourth-order valence-electron chi connectivity index (χ4n) is 5.70. The average molecular weight is 507 g/mol. The molecule has 0 spiro atoms. The number of hydrogen-bond acceptors (Lipinski definition) is 6. The van der Waals surface area contributed by atoms with Crippen LogP contribution in [0.3, 0.4) is 0 Å². The van der Waals surface area contributed by atoms with Gasteiger partial charge in [-0.15, -0.1) is 0 Å². The van der Waals surface area contributed by atoms with Crippen molar-refractivity contribution in [3.05, 3.63) is 84.1 Å². The first-order chi connectivity index (χ1) is 18.6. The van der Waals surface area contributed by atoms with Gasteiger partial charge in [0, 0.05) is 48.4 Å². The van der Waals surface area contributed by atoms with E-state index in [1.807, 2.05) is 53.4 Å². The topological polar surface area (TPSA) is 87.4 Å². The van der Waals surface area contributed by atoms with Crippen molar-refractivity contribution in [2.75, 3.05) is 37.2 Å². The number of piperidine rings is 1. The average Bonchev–Trinajstić information content (AvgIpc) is 3.52. The van der Waals surface area contributed by atoms with Gasteiger partial charge in [-0.2, -0.15) is 0 Å². The number of nitrogens with zero attached hydrogens (tertiary/aromatic N) is 4. The number of rotatable bonds is 6. The third kappa shape index (κ3) is 5.20. The molecule has 2 fully saturated rings. The van der Waals surface area contributed by atoms with E-state index in [2.05, 4.69) is 33.4 Å². The van der Waals surface area contributed by atoms with Crippen molar-refractivity contribution >= 4 is 28.3 Å². The van der Waals surface area contributed by atoms with Crippen LogP contribution in [0, 0.1) is 0 Å². The molecule has 2 aromatic carbocycles. The van der Waals surface area contributed by atoms with Crippen LogP contribution in [0.25, 0.3) is 22.2 Å². The lowest BCUT2D eigenvalue weighted by Crippen LogP contribution is -2.45. The molecule has 4 heterocycles. The quantitative estimate of drug-likeness (QED) is 0.374. The normalized spacial score (nSPS) is 16.7. The molecule has 2 aliphatic heterocycles. The lowest BCUT2D eigenvalue weighted by Gasteiger charge is -2.36. The first-order valence-corrected chi connectivity index (χ1v) is 13.6. The van der Waals surface area contributed by atoms with Gasteiger partial charge < -0.3 is 20.9 Å². The number of nitrogens with two attached hydrogens (primary N) is 1. The zero-order valence-electron chi connectivity index (χ0n) is 21.6. The first-order valence-electron chi connectivity index (χ1n) is 13.6. The second-order valence-corrected chi connectivity index (χ2v) is 10.4. The highest BCUT2D eigenvalue weighted by Crippen LogP contribution is 2.26. The van der Waals surface area contributed by atoms with Crippen LogP contribution in [0.1, 0.15) is 41.6 Å². The van der Waals surface area contributed by atoms with Gasteiger partial charge in [0.2, 0.25) is 0 Å². The van der Waals surface area contributed by atoms with Gasteiger partial charge in [-0.1, -0.05) is 24.3 Å². The summed E-state index contributed by atoms with van der Waals surface area (Å²) in [6.45, 7) is 4.72. The molecule has 2 aromatic heterocycles. The van der Waals surface area contributed by atoms with Crippen LogP contribution in [0.15, 0.2) is 72.9 Å². The Hall–Kier alpha value is -3.97. The molecule has 0 radical (unpaired) electrons. The van der Waals surface area contributed by atoms with Crippen molar-refractivity contribution in [2.45, 2.75) is 38.3 Å². The molecule has 1 amide bonds. The molecule has 194 valence electrons. The summed E-state index contributed by atoms with van der Waals surface area (Å²) in [6.07, 6.45) is 6.58. The number of carbonyl (C=O) groups is 1. The van der Waals surface area contributed by atoms with Crippen molar-refractivity contribution in [2.24, 2.45) is 0 Å². The van der Waals surface area contributed by atoms with Gasteiger partial charge in [0.15, 0.2) is 0 Å². The van der Waals surface area contributed by atoms with E-state index < -0.39 is 0 Å². The maximum atomic E-state index is 13.1. The number of hydrogen-bond donors (Lipinski definition) is 2. The number of pyridine rings is 2. The van der Waals surface area contributed by atoms with Crippen molar-refractivity contribution in [3.8, 4) is 11.3 Å². The van der Waals surface area contributed by atoms with Crippen LogP contribution in [-0.2, 0) is 6.54 Å². The van der Waals surface area contributed by atoms with Crippen LogP contribution < -0.4 is 11.1 Å². The van der Waals surface area contributed by atoms with Crippen molar-refractivity contribution in [1.82, 2.24) is 19.8 Å². The molecule has 7 nitrogen and oxygen atoms in total. The Morgan fingerprint density at radius 1 is 0.947 bits per heavy atom. The molecule has 0 saturated carbocycles. The Morgan fingerprint density at radius 2 is 1.74 bits per heavy atom. The highest BCUT2D eigenvalue weighted by Gasteiger charge is 2.28. The summed E-state index contributed by atoms with van der Waals surface area (Å²) in [5.41, 5.74) is 11.4. The second-order valence-electron chi connectivity index (χ2n) is 10.4. The van der Waals surface area contributed by atoms with Crippen LogP contribution in [-0.4, -0.2) is 57.9 Å². The van der Waals surface area contributed by atoms with E-state index in [9.17, 15) is 4.79 Å². The standard InChI is InChI=1S/C31H34N6O/c32-27-10-12-29(35-30(27)34-21-22-5-11-28-25(20-22)4-3-15-33-28)23-6-8-24(9-7-23)31(38)37-18-13-26(14-19-37)36-16-1-2-17-36/h3-12,15,20,26H,1-2,13-14,16-19,21,32H2,(H,34,35). The van der Waals surface area contributed by atoms with E-state index in [-0.39, 0.29) is 5.91 Å². The van der Waals surface area contributed by atoms with Crippen molar-refractivity contribution in [3.63, 3.8) is 0 Å². The minimum absolute atomic E-state index is 0.120. The Kier molecular flexibility index (Phi) is 6.92. The molecule has 0 unspecified atom stereocenters. The molecule has 0 bridgehead atoms. The highest BCUT2D eigenvalue weighted by molar-refractivity contribution is 5.94. The number of fused-ring (bicyclic) bond motifs is 1. The second kappa shape index (κ2) is 10.8. The van der Waals surface area contributed by atoms with Crippen LogP contribution >= 0.6 is 0 Å². The molecule has 0 aliphatic carbocycles. The maximum absolute atomic E-state index is 13.1. The number of aromatic nitrogens is 2. The van der Waals surface area contributed by atoms with Gasteiger partial charge in [-0.25, -0.2) is 4.98 Å². The maximum Gasteiger partial charge on any atom is 0.253 e. The molecular weight excluding hydrogens is 472 g/mol. The lowest BCUT2D eigenvalue weighted by atomic mass is 10.0. The Bertz CT molecular complexity index is 1420. The van der Waals surface area contributed by atoms with Gasteiger partial charge in [-0.3, -0.25) is 9.78 Å². The highest BCUT2D eigenvalue weighted by atomic mass is 16.2. The first kappa shape index (κ1) is 24.4.